The van der Waals surface area contributed by atoms with Gasteiger partial charge in [-0.2, -0.15) is 0 Å². The first-order valence-corrected chi connectivity index (χ1v) is 3.43. The molecule has 0 rings (SSSR count). The number of carbonyl (C=O) groups excluding carboxylic acids is 1. The Bertz CT molecular complexity index is 171. The van der Waals surface area contributed by atoms with Gasteiger partial charge in [0.25, 0.3) is 0 Å². The third-order valence-electron chi connectivity index (χ3n) is 1.22. The maximum atomic E-state index is 10.6. The van der Waals surface area contributed by atoms with Crippen molar-refractivity contribution in [1.82, 2.24) is 5.32 Å². The van der Waals surface area contributed by atoms with Crippen LogP contribution in [0.2, 0.25) is 0 Å². The van der Waals surface area contributed by atoms with Crippen molar-refractivity contribution in [2.45, 2.75) is 12.5 Å². The van der Waals surface area contributed by atoms with Crippen molar-refractivity contribution in [3.05, 3.63) is 0 Å². The van der Waals surface area contributed by atoms with Crippen LogP contribution in [0.4, 0.5) is 0 Å². The molecular formula is C6H12N2O4. The molecule has 0 unspecified atom stereocenters. The van der Waals surface area contributed by atoms with E-state index in [-0.39, 0.29) is 19.6 Å². The number of rotatable bonds is 6. The van der Waals surface area contributed by atoms with E-state index in [0.29, 0.717) is 0 Å². The minimum Gasteiger partial charge on any atom is -0.481 e. The Hall–Kier alpha value is -1.14. The Balaban J connectivity index is 3.87. The lowest BCUT2D eigenvalue weighted by molar-refractivity contribution is -0.139. The fourth-order valence-electron chi connectivity index (χ4n) is 0.687. The highest BCUT2D eigenvalue weighted by Crippen LogP contribution is 1.89. The molecule has 0 radical (unpaired) electrons. The lowest BCUT2D eigenvalue weighted by Crippen LogP contribution is -2.43. The summed E-state index contributed by atoms with van der Waals surface area (Å²) in [5, 5.41) is 19.2. The molecule has 1 amide bonds. The van der Waals surface area contributed by atoms with Crippen LogP contribution < -0.4 is 11.1 Å². The van der Waals surface area contributed by atoms with E-state index in [2.05, 4.69) is 5.32 Å². The van der Waals surface area contributed by atoms with Crippen molar-refractivity contribution >= 4 is 11.9 Å². The second-order valence-corrected chi connectivity index (χ2v) is 2.23. The Morgan fingerprint density at radius 3 is 2.42 bits per heavy atom. The summed E-state index contributed by atoms with van der Waals surface area (Å²) in [6.45, 7) is -0.00964. The number of hydrogen-bond acceptors (Lipinski definition) is 4. The molecule has 0 aliphatic rings. The molecule has 70 valence electrons. The standard InChI is InChI=1S/C6H12N2O4/c7-6(12)4(3-5(10)11)8-1-2-9/h4,8-9H,1-3H2,(H2,7,12)(H,10,11)/t4-/m1/s1. The summed E-state index contributed by atoms with van der Waals surface area (Å²) in [6.07, 6.45) is -0.366. The van der Waals surface area contributed by atoms with Crippen LogP contribution in [0.15, 0.2) is 0 Å². The molecule has 0 aliphatic heterocycles. The summed E-state index contributed by atoms with van der Waals surface area (Å²) >= 11 is 0. The van der Waals surface area contributed by atoms with Crippen molar-refractivity contribution in [2.24, 2.45) is 5.73 Å². The number of primary amides is 1. The Labute approximate surface area is 69.4 Å². The number of carboxylic acids is 1. The van der Waals surface area contributed by atoms with Crippen molar-refractivity contribution in [2.75, 3.05) is 13.2 Å². The molecule has 12 heavy (non-hydrogen) atoms. The maximum absolute atomic E-state index is 10.6. The number of carboxylic acid groups (broad SMARTS) is 1. The van der Waals surface area contributed by atoms with Crippen LogP contribution in [0.3, 0.4) is 0 Å². The predicted octanol–water partition coefficient (Wildman–Crippen LogP) is -2.10. The molecule has 0 fully saturated rings. The first-order valence-electron chi connectivity index (χ1n) is 3.43. The van der Waals surface area contributed by atoms with Gasteiger partial charge in [-0.15, -0.1) is 0 Å². The Morgan fingerprint density at radius 1 is 1.50 bits per heavy atom. The van der Waals surface area contributed by atoms with E-state index in [9.17, 15) is 9.59 Å². The van der Waals surface area contributed by atoms with Crippen molar-refractivity contribution in [3.63, 3.8) is 0 Å². The second-order valence-electron chi connectivity index (χ2n) is 2.23. The third-order valence-corrected chi connectivity index (χ3v) is 1.22. The quantitative estimate of drug-likeness (QED) is 0.370. The number of carbonyl (C=O) groups is 2. The minimum atomic E-state index is -1.11. The minimum absolute atomic E-state index is 0.154. The van der Waals surface area contributed by atoms with Gasteiger partial charge in [0, 0.05) is 6.54 Å². The van der Waals surface area contributed by atoms with Gasteiger partial charge >= 0.3 is 5.97 Å². The molecule has 0 spiro atoms. The number of nitrogens with one attached hydrogen (secondary N) is 1. The van der Waals surface area contributed by atoms with Gasteiger partial charge in [-0.25, -0.2) is 0 Å². The molecule has 0 aromatic heterocycles. The summed E-state index contributed by atoms with van der Waals surface area (Å²) in [6, 6.07) is -0.908. The monoisotopic (exact) mass is 176 g/mol. The van der Waals surface area contributed by atoms with Gasteiger partial charge < -0.3 is 21.3 Å². The summed E-state index contributed by atoms with van der Waals surface area (Å²) in [4.78, 5) is 20.7. The van der Waals surface area contributed by atoms with Gasteiger partial charge in [-0.1, -0.05) is 0 Å². The first kappa shape index (κ1) is 10.9. The molecule has 0 aromatic rings. The SMILES string of the molecule is NC(=O)[C@@H](CC(=O)O)NCCO. The smallest absolute Gasteiger partial charge is 0.305 e. The van der Waals surface area contributed by atoms with Gasteiger partial charge in [0.15, 0.2) is 0 Å². The summed E-state index contributed by atoms with van der Waals surface area (Å²) in [7, 11) is 0. The molecule has 0 heterocycles. The average Bonchev–Trinajstić information content (AvgIpc) is 1.96. The molecule has 0 saturated carbocycles. The van der Waals surface area contributed by atoms with Crippen LogP contribution in [0.25, 0.3) is 0 Å². The molecule has 6 heteroatoms. The summed E-state index contributed by atoms with van der Waals surface area (Å²) in [5.74, 6) is -1.84. The van der Waals surface area contributed by atoms with E-state index < -0.39 is 17.9 Å². The van der Waals surface area contributed by atoms with Crippen molar-refractivity contribution in [1.29, 1.82) is 0 Å². The van der Waals surface area contributed by atoms with Crippen LogP contribution in [0, 0.1) is 0 Å². The van der Waals surface area contributed by atoms with Crippen LogP contribution in [-0.2, 0) is 9.59 Å². The zero-order valence-electron chi connectivity index (χ0n) is 6.49. The number of aliphatic carboxylic acids is 1. The number of nitrogens with two attached hydrogens (primary N) is 1. The number of hydrogen-bond donors (Lipinski definition) is 4. The molecule has 0 aliphatic carbocycles. The molecular weight excluding hydrogens is 164 g/mol. The van der Waals surface area contributed by atoms with Crippen molar-refractivity contribution < 1.29 is 19.8 Å². The largest absolute Gasteiger partial charge is 0.481 e. The normalized spacial score (nSPS) is 12.4. The van der Waals surface area contributed by atoms with Gasteiger partial charge in [0.1, 0.15) is 0 Å². The fourth-order valence-corrected chi connectivity index (χ4v) is 0.687. The van der Waals surface area contributed by atoms with Gasteiger partial charge in [-0.05, 0) is 0 Å². The van der Waals surface area contributed by atoms with Crippen LogP contribution in [-0.4, -0.2) is 41.3 Å². The highest BCUT2D eigenvalue weighted by Gasteiger charge is 2.17. The lowest BCUT2D eigenvalue weighted by atomic mass is 10.2. The number of aliphatic hydroxyl groups is 1. The second kappa shape index (κ2) is 5.50. The van der Waals surface area contributed by atoms with Crippen molar-refractivity contribution in [3.8, 4) is 0 Å². The topological polar surface area (TPSA) is 113 Å². The van der Waals surface area contributed by atoms with Crippen LogP contribution in [0.5, 0.6) is 0 Å². The number of aliphatic hydroxyl groups excluding tert-OH is 1. The Kier molecular flexibility index (Phi) is 4.98. The van der Waals surface area contributed by atoms with E-state index in [4.69, 9.17) is 15.9 Å². The number of amides is 1. The van der Waals surface area contributed by atoms with E-state index in [1.165, 1.54) is 0 Å². The van der Waals surface area contributed by atoms with Crippen LogP contribution >= 0.6 is 0 Å². The van der Waals surface area contributed by atoms with Gasteiger partial charge in [-0.3, -0.25) is 9.59 Å². The van der Waals surface area contributed by atoms with E-state index in [1.807, 2.05) is 0 Å². The first-order chi connectivity index (χ1) is 5.57. The highest BCUT2D eigenvalue weighted by molar-refractivity contribution is 5.84. The van der Waals surface area contributed by atoms with E-state index in [0.717, 1.165) is 0 Å². The molecule has 5 N–H and O–H groups in total. The van der Waals surface area contributed by atoms with Gasteiger partial charge in [0.05, 0.1) is 19.1 Å². The van der Waals surface area contributed by atoms with E-state index >= 15 is 0 Å². The highest BCUT2D eigenvalue weighted by atomic mass is 16.4. The Morgan fingerprint density at radius 2 is 2.08 bits per heavy atom. The van der Waals surface area contributed by atoms with Crippen LogP contribution in [0.1, 0.15) is 6.42 Å². The molecule has 0 aromatic carbocycles. The molecule has 0 saturated heterocycles. The maximum Gasteiger partial charge on any atom is 0.305 e. The predicted molar refractivity (Wildman–Crippen MR) is 40.3 cm³/mol. The zero-order chi connectivity index (χ0) is 9.56. The molecule has 1 atom stereocenters. The third kappa shape index (κ3) is 4.64. The average molecular weight is 176 g/mol. The summed E-state index contributed by atoms with van der Waals surface area (Å²) < 4.78 is 0. The van der Waals surface area contributed by atoms with E-state index in [1.54, 1.807) is 0 Å². The summed E-state index contributed by atoms with van der Waals surface area (Å²) in [5.41, 5.74) is 4.88. The zero-order valence-corrected chi connectivity index (χ0v) is 6.49. The van der Waals surface area contributed by atoms with Gasteiger partial charge in [0.2, 0.25) is 5.91 Å². The lowest BCUT2D eigenvalue weighted by Gasteiger charge is -2.11. The molecule has 0 bridgehead atoms. The molecule has 6 nitrogen and oxygen atoms in total. The fraction of sp³-hybridized carbons (Fsp3) is 0.667.